The van der Waals surface area contributed by atoms with Crippen molar-refractivity contribution in [2.45, 2.75) is 50.6 Å². The van der Waals surface area contributed by atoms with Crippen LogP contribution in [0.4, 0.5) is 27.7 Å². The topological polar surface area (TPSA) is 138 Å². The van der Waals surface area contributed by atoms with E-state index in [9.17, 15) is 10.1 Å². The summed E-state index contributed by atoms with van der Waals surface area (Å²) in [6, 6.07) is 14.9. The smallest absolute Gasteiger partial charge is 0.225 e. The lowest BCUT2D eigenvalue weighted by Gasteiger charge is -2.34. The van der Waals surface area contributed by atoms with E-state index in [1.54, 1.807) is 6.20 Å². The Hall–Kier alpha value is -4.43. The van der Waals surface area contributed by atoms with E-state index in [-0.39, 0.29) is 40.2 Å². The summed E-state index contributed by atoms with van der Waals surface area (Å²) in [6.45, 7) is 1.82. The second-order valence-corrected chi connectivity index (χ2v) is 11.3. The van der Waals surface area contributed by atoms with Crippen molar-refractivity contribution in [3.8, 4) is 6.07 Å². The molecule has 4 aromatic rings. The molecule has 10 nitrogen and oxygen atoms in total. The average molecular weight is 588 g/mol. The van der Waals surface area contributed by atoms with Crippen molar-refractivity contribution in [2.75, 3.05) is 28.6 Å². The molecule has 2 aromatic heterocycles. The molecule has 0 spiro atoms. The second kappa shape index (κ2) is 11.8. The number of imidazole rings is 1. The average Bonchev–Trinajstić information content (AvgIpc) is 3.36. The van der Waals surface area contributed by atoms with E-state index in [2.05, 4.69) is 32.7 Å². The van der Waals surface area contributed by atoms with Gasteiger partial charge in [0, 0.05) is 36.8 Å². The molecular weight excluding hydrogens is 557 g/mol. The number of carbonyl (C=O) groups is 1. The molecule has 42 heavy (non-hydrogen) atoms. The van der Waals surface area contributed by atoms with Crippen molar-refractivity contribution in [3.63, 3.8) is 0 Å². The van der Waals surface area contributed by atoms with Crippen LogP contribution in [0.15, 0.2) is 48.7 Å². The molecule has 0 bridgehead atoms. The van der Waals surface area contributed by atoms with Crippen LogP contribution in [0.2, 0.25) is 5.02 Å². The first-order chi connectivity index (χ1) is 20.4. The third-order valence-corrected chi connectivity index (χ3v) is 8.48. The fraction of sp³-hybridized carbons (Fsp3) is 0.367. The van der Waals surface area contributed by atoms with Crippen LogP contribution in [0.25, 0.3) is 11.2 Å². The Morgan fingerprint density at radius 3 is 2.62 bits per heavy atom. The highest BCUT2D eigenvalue weighted by Crippen LogP contribution is 2.38. The zero-order valence-corrected chi connectivity index (χ0v) is 23.7. The monoisotopic (exact) mass is 587 g/mol. The molecule has 0 unspecified atom stereocenters. The molecule has 1 aliphatic heterocycles. The Kier molecular flexibility index (Phi) is 7.80. The normalized spacial score (nSPS) is 20.7. The number of nitrogens with zero attached hydrogens (tertiary/aromatic N) is 6. The number of nitrogens with one attached hydrogen (secondary N) is 2. The number of para-hydroxylation sites is 1. The largest absolute Gasteiger partial charge is 0.369 e. The lowest BCUT2D eigenvalue weighted by Crippen LogP contribution is -2.42. The maximum Gasteiger partial charge on any atom is 0.225 e. The minimum Gasteiger partial charge on any atom is -0.369 e. The number of hydrogen-bond acceptors (Lipinski definition) is 8. The minimum atomic E-state index is -0.663. The number of hydrogen-bond donors (Lipinski definition) is 3. The van der Waals surface area contributed by atoms with Crippen molar-refractivity contribution in [1.82, 2.24) is 19.5 Å². The van der Waals surface area contributed by atoms with Gasteiger partial charge in [0.15, 0.2) is 5.65 Å². The first-order valence-corrected chi connectivity index (χ1v) is 14.5. The summed E-state index contributed by atoms with van der Waals surface area (Å²) >= 11 is 6.36. The van der Waals surface area contributed by atoms with Crippen LogP contribution in [-0.2, 0) is 4.79 Å². The van der Waals surface area contributed by atoms with Gasteiger partial charge in [-0.2, -0.15) is 10.2 Å². The molecule has 6 rings (SSSR count). The van der Waals surface area contributed by atoms with Crippen LogP contribution in [-0.4, -0.2) is 44.6 Å². The van der Waals surface area contributed by atoms with Crippen molar-refractivity contribution in [3.05, 3.63) is 65.1 Å². The van der Waals surface area contributed by atoms with E-state index in [0.717, 1.165) is 32.0 Å². The highest BCUT2D eigenvalue weighted by Gasteiger charge is 2.30. The van der Waals surface area contributed by atoms with E-state index in [4.69, 9.17) is 27.3 Å². The van der Waals surface area contributed by atoms with E-state index in [1.807, 2.05) is 28.8 Å². The zero-order chi connectivity index (χ0) is 29.2. The standard InChI is InChI=1S/C30H31ClFN9O/c31-23-13-18(15-33)14-24(32)26(23)38-30-37-25-16-35-29(36-20-5-4-12-40(17-20)21-6-2-1-3-7-21)39-28(25)41(30)22-10-8-19(9-11-22)27(34)42/h1-3,6-7,13-14,16,19-20,22H,4-5,8-12,17H2,(H2,34,42)(H,37,38)(H,35,36,39)/t19-,20-,22-/m1/s1. The van der Waals surface area contributed by atoms with Crippen LogP contribution >= 0.6 is 11.6 Å². The van der Waals surface area contributed by atoms with Crippen LogP contribution in [0, 0.1) is 23.1 Å². The Morgan fingerprint density at radius 1 is 1.12 bits per heavy atom. The number of nitrogens with two attached hydrogens (primary N) is 1. The van der Waals surface area contributed by atoms with Gasteiger partial charge >= 0.3 is 0 Å². The number of halogens is 2. The minimum absolute atomic E-state index is 0.0209. The van der Waals surface area contributed by atoms with E-state index in [0.29, 0.717) is 48.7 Å². The van der Waals surface area contributed by atoms with Crippen LogP contribution < -0.4 is 21.3 Å². The molecule has 216 valence electrons. The van der Waals surface area contributed by atoms with Gasteiger partial charge in [-0.25, -0.2) is 14.4 Å². The van der Waals surface area contributed by atoms with Crippen LogP contribution in [0.1, 0.15) is 50.1 Å². The Balaban J connectivity index is 1.32. The summed E-state index contributed by atoms with van der Waals surface area (Å²) in [6.07, 6.45) is 6.33. The van der Waals surface area contributed by atoms with E-state index < -0.39 is 5.82 Å². The fourth-order valence-electron chi connectivity index (χ4n) is 6.03. The summed E-state index contributed by atoms with van der Waals surface area (Å²) in [5.74, 6) is -0.284. The molecule has 2 aliphatic rings. The fourth-order valence-corrected chi connectivity index (χ4v) is 6.29. The lowest BCUT2D eigenvalue weighted by atomic mass is 9.85. The number of nitriles is 1. The zero-order valence-electron chi connectivity index (χ0n) is 22.9. The van der Waals surface area contributed by atoms with Gasteiger partial charge in [-0.3, -0.25) is 9.36 Å². The predicted molar refractivity (Wildman–Crippen MR) is 160 cm³/mol. The van der Waals surface area contributed by atoms with Crippen LogP contribution in [0.3, 0.4) is 0 Å². The molecule has 1 amide bonds. The predicted octanol–water partition coefficient (Wildman–Crippen LogP) is 5.53. The third-order valence-electron chi connectivity index (χ3n) is 8.18. The first-order valence-electron chi connectivity index (χ1n) is 14.2. The number of fused-ring (bicyclic) bond motifs is 1. The van der Waals surface area contributed by atoms with E-state index in [1.165, 1.54) is 11.8 Å². The number of rotatable bonds is 7. The van der Waals surface area contributed by atoms with Crippen molar-refractivity contribution in [2.24, 2.45) is 11.7 Å². The Labute approximate surface area is 247 Å². The van der Waals surface area contributed by atoms with Crippen molar-refractivity contribution in [1.29, 1.82) is 5.26 Å². The summed E-state index contributed by atoms with van der Waals surface area (Å²) in [5, 5.41) is 15.8. The summed E-state index contributed by atoms with van der Waals surface area (Å²) in [7, 11) is 0. The number of anilines is 4. The summed E-state index contributed by atoms with van der Waals surface area (Å²) < 4.78 is 17.0. The molecule has 2 aromatic carbocycles. The highest BCUT2D eigenvalue weighted by molar-refractivity contribution is 6.33. The molecule has 12 heteroatoms. The van der Waals surface area contributed by atoms with Crippen molar-refractivity contribution < 1.29 is 9.18 Å². The van der Waals surface area contributed by atoms with Gasteiger partial charge in [0.1, 0.15) is 11.3 Å². The Bertz CT molecular complexity index is 1620. The van der Waals surface area contributed by atoms with Gasteiger partial charge in [-0.15, -0.1) is 0 Å². The molecule has 3 heterocycles. The summed E-state index contributed by atoms with van der Waals surface area (Å²) in [4.78, 5) is 28.3. The van der Waals surface area contributed by atoms with E-state index >= 15 is 4.39 Å². The first kappa shape index (κ1) is 27.7. The molecule has 2 fully saturated rings. The molecule has 1 atom stereocenters. The second-order valence-electron chi connectivity index (χ2n) is 10.9. The number of piperidine rings is 1. The van der Waals surface area contributed by atoms with Gasteiger partial charge in [-0.1, -0.05) is 29.8 Å². The van der Waals surface area contributed by atoms with Gasteiger partial charge < -0.3 is 21.3 Å². The molecule has 1 saturated carbocycles. The molecule has 4 N–H and O–H groups in total. The van der Waals surface area contributed by atoms with Crippen LogP contribution in [0.5, 0.6) is 0 Å². The SMILES string of the molecule is N#Cc1cc(F)c(Nc2nc3cnc(N[C@@H]4CCCN(c5ccccc5)C4)nc3n2[C@H]2CC[C@H](C(N)=O)CC2)c(Cl)c1. The van der Waals surface area contributed by atoms with Crippen molar-refractivity contribution >= 4 is 51.9 Å². The number of primary amides is 1. The number of benzene rings is 2. The Morgan fingerprint density at radius 2 is 1.90 bits per heavy atom. The highest BCUT2D eigenvalue weighted by atomic mass is 35.5. The number of aromatic nitrogens is 4. The molecule has 1 saturated heterocycles. The molecule has 0 radical (unpaired) electrons. The third kappa shape index (κ3) is 5.67. The van der Waals surface area contributed by atoms with Gasteiger partial charge in [0.25, 0.3) is 0 Å². The van der Waals surface area contributed by atoms with Gasteiger partial charge in [0.05, 0.1) is 28.5 Å². The molecular formula is C30H31ClFN9O. The maximum atomic E-state index is 15.0. The summed E-state index contributed by atoms with van der Waals surface area (Å²) in [5.41, 5.74) is 8.05. The van der Waals surface area contributed by atoms with Gasteiger partial charge in [-0.05, 0) is 62.8 Å². The van der Waals surface area contributed by atoms with Gasteiger partial charge in [0.2, 0.25) is 17.8 Å². The molecule has 1 aliphatic carbocycles. The lowest BCUT2D eigenvalue weighted by molar-refractivity contribution is -0.122. The quantitative estimate of drug-likeness (QED) is 0.256. The maximum absolute atomic E-state index is 15.0. The number of amides is 1. The number of carbonyl (C=O) groups excluding carboxylic acids is 1.